The highest BCUT2D eigenvalue weighted by Crippen LogP contribution is 2.39. The number of hydrogen-bond acceptors (Lipinski definition) is 2. The number of carbonyl (C=O) groups excluding carboxylic acids is 1. The van der Waals surface area contributed by atoms with Crippen molar-refractivity contribution in [2.24, 2.45) is 11.8 Å². The van der Waals surface area contributed by atoms with Crippen molar-refractivity contribution in [3.05, 3.63) is 41.1 Å². The molecule has 1 saturated heterocycles. The summed E-state index contributed by atoms with van der Waals surface area (Å²) in [7, 11) is 2.18. The van der Waals surface area contributed by atoms with Crippen LogP contribution in [0, 0.1) is 11.8 Å². The number of hydrogen-bond donors (Lipinski definition) is 1. The number of Topliss-reactive ketones (excluding diaryl/α,β-unsaturated/α-hetero) is 1. The van der Waals surface area contributed by atoms with Gasteiger partial charge < -0.3 is 9.88 Å². The van der Waals surface area contributed by atoms with Crippen molar-refractivity contribution in [1.82, 2.24) is 9.88 Å². The van der Waals surface area contributed by atoms with Crippen LogP contribution in [0.2, 0.25) is 0 Å². The number of aromatic amines is 1. The Hall–Kier alpha value is -1.87. The maximum absolute atomic E-state index is 12.8. The van der Waals surface area contributed by atoms with E-state index >= 15 is 0 Å². The van der Waals surface area contributed by atoms with Crippen LogP contribution in [0.15, 0.2) is 29.8 Å². The van der Waals surface area contributed by atoms with Crippen molar-refractivity contribution in [1.29, 1.82) is 0 Å². The minimum absolute atomic E-state index is 0.269. The standard InChI is InChI=1S/C19H22N2O/c1-3-12-10-21(2)11-13-8-16-14-6-4-5-7-17(14)20-19(16)18(22)9-15(12)13/h4-8,12,15,20H,3,9-11H2,1-2H3. The van der Waals surface area contributed by atoms with E-state index in [9.17, 15) is 4.79 Å². The van der Waals surface area contributed by atoms with Crippen molar-refractivity contribution in [2.45, 2.75) is 19.8 Å². The van der Waals surface area contributed by atoms with Gasteiger partial charge in [0.15, 0.2) is 5.78 Å². The van der Waals surface area contributed by atoms with Gasteiger partial charge in [-0.2, -0.15) is 0 Å². The van der Waals surface area contributed by atoms with Crippen LogP contribution in [0.4, 0.5) is 0 Å². The monoisotopic (exact) mass is 294 g/mol. The van der Waals surface area contributed by atoms with E-state index in [1.807, 2.05) is 12.1 Å². The lowest BCUT2D eigenvalue weighted by Crippen LogP contribution is -2.40. The average Bonchev–Trinajstić information content (AvgIpc) is 2.82. The van der Waals surface area contributed by atoms with Gasteiger partial charge in [-0.05, 0) is 24.9 Å². The summed E-state index contributed by atoms with van der Waals surface area (Å²) < 4.78 is 0. The first-order valence-electron chi connectivity index (χ1n) is 8.20. The second-order valence-electron chi connectivity index (χ2n) is 6.78. The number of likely N-dealkylation sites (N-methyl/N-ethyl adjacent to an activating group) is 1. The van der Waals surface area contributed by atoms with Crippen LogP contribution in [0.3, 0.4) is 0 Å². The van der Waals surface area contributed by atoms with Gasteiger partial charge in [0.2, 0.25) is 0 Å². The number of nitrogens with zero attached hydrogens (tertiary/aromatic N) is 1. The molecule has 1 aromatic carbocycles. The van der Waals surface area contributed by atoms with Crippen LogP contribution in [0.1, 0.15) is 35.8 Å². The van der Waals surface area contributed by atoms with Crippen LogP contribution >= 0.6 is 0 Å². The van der Waals surface area contributed by atoms with Gasteiger partial charge in [-0.15, -0.1) is 0 Å². The number of rotatable bonds is 1. The van der Waals surface area contributed by atoms with Crippen LogP contribution < -0.4 is 0 Å². The molecule has 2 heterocycles. The first-order chi connectivity index (χ1) is 10.7. The minimum atomic E-state index is 0.269. The third-order valence-corrected chi connectivity index (χ3v) is 5.33. The van der Waals surface area contributed by atoms with Gasteiger partial charge in [0.25, 0.3) is 0 Å². The van der Waals surface area contributed by atoms with Crippen LogP contribution in [0.25, 0.3) is 17.0 Å². The number of fused-ring (bicyclic) bond motifs is 4. The molecule has 2 unspecified atom stereocenters. The normalized spacial score (nSPS) is 25.5. The fraction of sp³-hybridized carbons (Fsp3) is 0.421. The SMILES string of the molecule is CCC1CN(C)CC2=Cc3c([nH]c4ccccc34)C(=O)CC21. The molecule has 1 aliphatic carbocycles. The molecule has 0 spiro atoms. The summed E-state index contributed by atoms with van der Waals surface area (Å²) in [5, 5.41) is 1.17. The van der Waals surface area contributed by atoms with Crippen molar-refractivity contribution >= 4 is 22.8 Å². The molecule has 1 aromatic heterocycles. The zero-order chi connectivity index (χ0) is 15.3. The summed E-state index contributed by atoms with van der Waals surface area (Å²) in [5.41, 5.74) is 4.40. The molecule has 4 rings (SSSR count). The molecule has 22 heavy (non-hydrogen) atoms. The molecular weight excluding hydrogens is 272 g/mol. The molecule has 1 aliphatic heterocycles. The molecule has 1 fully saturated rings. The maximum atomic E-state index is 12.8. The van der Waals surface area contributed by atoms with Crippen molar-refractivity contribution in [3.8, 4) is 0 Å². The Bertz CT molecular complexity index is 771. The lowest BCUT2D eigenvalue weighted by Gasteiger charge is -2.38. The summed E-state index contributed by atoms with van der Waals surface area (Å²) >= 11 is 0. The van der Waals surface area contributed by atoms with E-state index in [0.717, 1.165) is 36.3 Å². The molecule has 0 bridgehead atoms. The van der Waals surface area contributed by atoms with Gasteiger partial charge in [-0.25, -0.2) is 0 Å². The van der Waals surface area contributed by atoms with Crippen molar-refractivity contribution in [3.63, 3.8) is 0 Å². The number of aromatic nitrogens is 1. The molecule has 2 atom stereocenters. The smallest absolute Gasteiger partial charge is 0.180 e. The Balaban J connectivity index is 1.90. The van der Waals surface area contributed by atoms with Crippen LogP contribution in [0.5, 0.6) is 0 Å². The third kappa shape index (κ3) is 2.03. The average molecular weight is 294 g/mol. The zero-order valence-electron chi connectivity index (χ0n) is 13.2. The Labute approximate surface area is 131 Å². The number of benzene rings is 1. The van der Waals surface area contributed by atoms with E-state index in [4.69, 9.17) is 0 Å². The van der Waals surface area contributed by atoms with E-state index in [1.165, 1.54) is 11.0 Å². The number of nitrogens with one attached hydrogen (secondary N) is 1. The van der Waals surface area contributed by atoms with E-state index < -0.39 is 0 Å². The van der Waals surface area contributed by atoms with Gasteiger partial charge in [0.1, 0.15) is 0 Å². The molecule has 0 radical (unpaired) electrons. The van der Waals surface area contributed by atoms with E-state index in [1.54, 1.807) is 0 Å². The lowest BCUT2D eigenvalue weighted by atomic mass is 9.78. The third-order valence-electron chi connectivity index (χ3n) is 5.33. The summed E-state index contributed by atoms with van der Waals surface area (Å²) in [5.74, 6) is 1.27. The van der Waals surface area contributed by atoms with Crippen molar-refractivity contribution in [2.75, 3.05) is 20.1 Å². The molecule has 3 nitrogen and oxygen atoms in total. The number of piperidine rings is 1. The Morgan fingerprint density at radius 3 is 2.95 bits per heavy atom. The molecule has 0 amide bonds. The summed E-state index contributed by atoms with van der Waals surface area (Å²) in [6.07, 6.45) is 4.08. The van der Waals surface area contributed by atoms with Gasteiger partial charge in [0, 0.05) is 36.0 Å². The Kier molecular flexibility index (Phi) is 3.19. The van der Waals surface area contributed by atoms with Crippen molar-refractivity contribution < 1.29 is 4.79 Å². The summed E-state index contributed by atoms with van der Waals surface area (Å²) in [6.45, 7) is 4.32. The number of likely N-dealkylation sites (tertiary alicyclic amines) is 1. The van der Waals surface area contributed by atoms with Crippen LogP contribution in [-0.2, 0) is 0 Å². The van der Waals surface area contributed by atoms with Gasteiger partial charge in [0.05, 0.1) is 5.69 Å². The van der Waals surface area contributed by atoms with E-state index in [2.05, 4.69) is 42.1 Å². The van der Waals surface area contributed by atoms with Gasteiger partial charge in [-0.3, -0.25) is 4.79 Å². The highest BCUT2D eigenvalue weighted by Gasteiger charge is 2.35. The molecule has 2 aliphatic rings. The largest absolute Gasteiger partial charge is 0.352 e. The van der Waals surface area contributed by atoms with Crippen LogP contribution in [-0.4, -0.2) is 35.8 Å². The number of carbonyl (C=O) groups is 1. The molecule has 3 heteroatoms. The zero-order valence-corrected chi connectivity index (χ0v) is 13.2. The fourth-order valence-electron chi connectivity index (χ4n) is 4.21. The quantitative estimate of drug-likeness (QED) is 0.870. The maximum Gasteiger partial charge on any atom is 0.180 e. The second-order valence-corrected chi connectivity index (χ2v) is 6.78. The molecular formula is C19H22N2O. The molecule has 0 saturated carbocycles. The predicted molar refractivity (Wildman–Crippen MR) is 90.0 cm³/mol. The summed E-state index contributed by atoms with van der Waals surface area (Å²) in [4.78, 5) is 18.5. The topological polar surface area (TPSA) is 36.1 Å². The highest BCUT2D eigenvalue weighted by atomic mass is 16.1. The number of ketones is 1. The summed E-state index contributed by atoms with van der Waals surface area (Å²) in [6, 6.07) is 8.22. The molecule has 1 N–H and O–H groups in total. The molecule has 114 valence electrons. The van der Waals surface area contributed by atoms with Gasteiger partial charge in [-0.1, -0.05) is 43.2 Å². The lowest BCUT2D eigenvalue weighted by molar-refractivity contribution is 0.0924. The molecule has 2 aromatic rings. The fourth-order valence-corrected chi connectivity index (χ4v) is 4.21. The second kappa shape index (κ2) is 5.10. The predicted octanol–water partition coefficient (Wildman–Crippen LogP) is 3.73. The van der Waals surface area contributed by atoms with E-state index in [0.29, 0.717) is 18.3 Å². The number of para-hydroxylation sites is 1. The first-order valence-corrected chi connectivity index (χ1v) is 8.20. The number of H-pyrrole nitrogens is 1. The minimum Gasteiger partial charge on any atom is -0.352 e. The van der Waals surface area contributed by atoms with Gasteiger partial charge >= 0.3 is 0 Å². The first kappa shape index (κ1) is 13.8. The highest BCUT2D eigenvalue weighted by molar-refractivity contribution is 6.07. The Morgan fingerprint density at radius 2 is 2.14 bits per heavy atom. The van der Waals surface area contributed by atoms with E-state index in [-0.39, 0.29) is 5.78 Å². The Morgan fingerprint density at radius 1 is 1.32 bits per heavy atom.